The Morgan fingerprint density at radius 3 is 2.94 bits per heavy atom. The number of ether oxygens (including phenoxy) is 1. The van der Waals surface area contributed by atoms with Gasteiger partial charge >= 0.3 is 6.01 Å². The van der Waals surface area contributed by atoms with Gasteiger partial charge in [-0.3, -0.25) is 0 Å². The molecule has 0 saturated heterocycles. The Hall–Kier alpha value is -1.80. The topological polar surface area (TPSA) is 98.8 Å². The molecule has 0 radical (unpaired) electrons. The molecule has 0 aliphatic rings. The second-order valence-corrected chi connectivity index (χ2v) is 2.94. The monoisotopic (exact) mass is 242 g/mol. The average molecular weight is 243 g/mol. The highest BCUT2D eigenvalue weighted by Gasteiger charge is 2.07. The van der Waals surface area contributed by atoms with E-state index in [1.54, 1.807) is 0 Å². The van der Waals surface area contributed by atoms with Crippen molar-refractivity contribution in [2.24, 2.45) is 0 Å². The highest BCUT2D eigenvalue weighted by Crippen LogP contribution is 2.09. The molecule has 0 aromatic carbocycles. The Morgan fingerprint density at radius 1 is 1.38 bits per heavy atom. The summed E-state index contributed by atoms with van der Waals surface area (Å²) in [4.78, 5) is 15.3. The molecule has 2 heterocycles. The van der Waals surface area contributed by atoms with E-state index in [4.69, 9.17) is 21.4 Å². The average Bonchev–Trinajstić information content (AvgIpc) is 2.79. The number of hydrogen-bond acceptors (Lipinski definition) is 7. The maximum atomic E-state index is 8.59. The summed E-state index contributed by atoms with van der Waals surface area (Å²) in [5.41, 5.74) is 0. The lowest BCUT2D eigenvalue weighted by molar-refractivity contribution is 0.191. The van der Waals surface area contributed by atoms with Gasteiger partial charge in [0.1, 0.15) is 19.3 Å². The van der Waals surface area contributed by atoms with Crippen molar-refractivity contribution in [2.75, 3.05) is 13.2 Å². The number of halogens is 1. The van der Waals surface area contributed by atoms with Crippen molar-refractivity contribution in [3.8, 4) is 12.0 Å². The number of aromatic nitrogens is 6. The number of aliphatic hydroxyl groups is 1. The lowest BCUT2D eigenvalue weighted by Gasteiger charge is -2.03. The number of nitrogens with zero attached hydrogens (tertiary/aromatic N) is 6. The molecule has 1 N–H and O–H groups in total. The quantitative estimate of drug-likeness (QED) is 0.770. The van der Waals surface area contributed by atoms with Crippen LogP contribution in [0.3, 0.4) is 0 Å². The standard InChI is InChI=1S/C7H7ClN6O2/c8-5-11-6(14-4-9-3-10-14)13-7(12-5)16-2-1-15/h3-4,15H,1-2H2. The zero-order valence-corrected chi connectivity index (χ0v) is 8.74. The first-order valence-corrected chi connectivity index (χ1v) is 4.67. The minimum Gasteiger partial charge on any atom is -0.461 e. The van der Waals surface area contributed by atoms with Crippen molar-refractivity contribution in [1.29, 1.82) is 0 Å². The molecule has 0 atom stereocenters. The van der Waals surface area contributed by atoms with Gasteiger partial charge in [0.15, 0.2) is 0 Å². The van der Waals surface area contributed by atoms with Gasteiger partial charge in [0, 0.05) is 0 Å². The van der Waals surface area contributed by atoms with E-state index in [2.05, 4.69) is 25.0 Å². The van der Waals surface area contributed by atoms with Gasteiger partial charge in [-0.15, -0.1) is 0 Å². The second-order valence-electron chi connectivity index (χ2n) is 2.60. The van der Waals surface area contributed by atoms with Crippen molar-refractivity contribution >= 4 is 11.6 Å². The SMILES string of the molecule is OCCOc1nc(Cl)nc(-n2cncn2)n1. The molecule has 2 rings (SSSR count). The van der Waals surface area contributed by atoms with Crippen LogP contribution in [0.5, 0.6) is 6.01 Å². The van der Waals surface area contributed by atoms with Crippen molar-refractivity contribution in [2.45, 2.75) is 0 Å². The summed E-state index contributed by atoms with van der Waals surface area (Å²) in [6, 6.07) is 0.0274. The van der Waals surface area contributed by atoms with Crippen LogP contribution >= 0.6 is 11.6 Å². The largest absolute Gasteiger partial charge is 0.461 e. The molecule has 0 aliphatic heterocycles. The van der Waals surface area contributed by atoms with E-state index in [9.17, 15) is 0 Å². The second kappa shape index (κ2) is 4.81. The zero-order valence-electron chi connectivity index (χ0n) is 7.99. The van der Waals surface area contributed by atoms with Gasteiger partial charge in [0.25, 0.3) is 5.95 Å². The molecule has 0 bridgehead atoms. The molecule has 9 heteroatoms. The Balaban J connectivity index is 2.29. The predicted octanol–water partition coefficient (Wildman–Crippen LogP) is -0.523. The Morgan fingerprint density at radius 2 is 2.25 bits per heavy atom. The third kappa shape index (κ3) is 2.41. The summed E-state index contributed by atoms with van der Waals surface area (Å²) in [5, 5.41) is 12.4. The van der Waals surface area contributed by atoms with E-state index >= 15 is 0 Å². The van der Waals surface area contributed by atoms with Gasteiger partial charge in [-0.1, -0.05) is 0 Å². The molecule has 2 aromatic heterocycles. The van der Waals surface area contributed by atoms with Crippen LogP contribution in [0.15, 0.2) is 12.7 Å². The third-order valence-corrected chi connectivity index (χ3v) is 1.69. The Kier molecular flexibility index (Phi) is 3.22. The van der Waals surface area contributed by atoms with Crippen molar-refractivity contribution in [1.82, 2.24) is 29.7 Å². The van der Waals surface area contributed by atoms with Gasteiger partial charge in [-0.05, 0) is 11.6 Å². The van der Waals surface area contributed by atoms with E-state index in [-0.39, 0.29) is 30.5 Å². The first kappa shape index (κ1) is 10.7. The van der Waals surface area contributed by atoms with Crippen LogP contribution < -0.4 is 4.74 Å². The molecule has 0 saturated carbocycles. The summed E-state index contributed by atoms with van der Waals surface area (Å²) in [6.07, 6.45) is 2.76. The number of hydrogen-bond donors (Lipinski definition) is 1. The zero-order chi connectivity index (χ0) is 11.4. The van der Waals surface area contributed by atoms with Gasteiger partial charge in [-0.2, -0.15) is 24.7 Å². The summed E-state index contributed by atoms with van der Waals surface area (Å²) in [5.74, 6) is 0.199. The first-order chi connectivity index (χ1) is 7.79. The molecule has 84 valence electrons. The fraction of sp³-hybridized carbons (Fsp3) is 0.286. The van der Waals surface area contributed by atoms with Crippen molar-refractivity contribution in [3.05, 3.63) is 17.9 Å². The summed E-state index contributed by atoms with van der Waals surface area (Å²) < 4.78 is 6.34. The maximum Gasteiger partial charge on any atom is 0.322 e. The van der Waals surface area contributed by atoms with Gasteiger partial charge < -0.3 is 9.84 Å². The van der Waals surface area contributed by atoms with Crippen LogP contribution in [-0.2, 0) is 0 Å². The van der Waals surface area contributed by atoms with Crippen molar-refractivity contribution in [3.63, 3.8) is 0 Å². The highest BCUT2D eigenvalue weighted by molar-refractivity contribution is 6.28. The first-order valence-electron chi connectivity index (χ1n) is 4.30. The lowest BCUT2D eigenvalue weighted by atomic mass is 10.8. The lowest BCUT2D eigenvalue weighted by Crippen LogP contribution is -2.09. The molecule has 16 heavy (non-hydrogen) atoms. The molecule has 8 nitrogen and oxygen atoms in total. The van der Waals surface area contributed by atoms with Crippen LogP contribution in [0.4, 0.5) is 0 Å². The molecule has 2 aromatic rings. The molecule has 0 amide bonds. The van der Waals surface area contributed by atoms with Crippen LogP contribution in [-0.4, -0.2) is 48.0 Å². The normalized spacial score (nSPS) is 10.4. The van der Waals surface area contributed by atoms with E-state index in [0.29, 0.717) is 0 Å². The van der Waals surface area contributed by atoms with Crippen LogP contribution in [0.1, 0.15) is 0 Å². The summed E-state index contributed by atoms with van der Waals surface area (Å²) in [6.45, 7) is -0.0564. The van der Waals surface area contributed by atoms with Gasteiger partial charge in [0.2, 0.25) is 5.28 Å². The van der Waals surface area contributed by atoms with Crippen LogP contribution in [0, 0.1) is 0 Å². The number of aliphatic hydroxyl groups excluding tert-OH is 1. The summed E-state index contributed by atoms with van der Waals surface area (Å²) in [7, 11) is 0. The van der Waals surface area contributed by atoms with Crippen LogP contribution in [0.2, 0.25) is 5.28 Å². The molecule has 0 spiro atoms. The highest BCUT2D eigenvalue weighted by atomic mass is 35.5. The van der Waals surface area contributed by atoms with E-state index in [0.717, 1.165) is 0 Å². The van der Waals surface area contributed by atoms with Gasteiger partial charge in [0.05, 0.1) is 6.61 Å². The predicted molar refractivity (Wildman–Crippen MR) is 52.3 cm³/mol. The van der Waals surface area contributed by atoms with E-state index in [1.807, 2.05) is 0 Å². The fourth-order valence-electron chi connectivity index (χ4n) is 0.937. The Labute approximate surface area is 94.9 Å². The fourth-order valence-corrected chi connectivity index (χ4v) is 1.09. The molecule has 0 unspecified atom stereocenters. The molecular formula is C7H7ClN6O2. The smallest absolute Gasteiger partial charge is 0.322 e. The Bertz CT molecular complexity index is 462. The van der Waals surface area contributed by atoms with E-state index < -0.39 is 0 Å². The number of rotatable bonds is 4. The minimum absolute atomic E-state index is 0.0200. The molecular weight excluding hydrogens is 236 g/mol. The minimum atomic E-state index is -0.137. The van der Waals surface area contributed by atoms with Crippen molar-refractivity contribution < 1.29 is 9.84 Å². The van der Waals surface area contributed by atoms with Crippen LogP contribution in [0.25, 0.3) is 5.95 Å². The van der Waals surface area contributed by atoms with E-state index in [1.165, 1.54) is 17.3 Å². The van der Waals surface area contributed by atoms with Gasteiger partial charge in [-0.25, -0.2) is 4.98 Å². The molecule has 0 aliphatic carbocycles. The maximum absolute atomic E-state index is 8.59. The third-order valence-electron chi connectivity index (χ3n) is 1.52. The molecule has 0 fully saturated rings. The summed E-state index contributed by atoms with van der Waals surface area (Å²) >= 11 is 5.68.